The highest BCUT2D eigenvalue weighted by atomic mass is 35.5. The van der Waals surface area contributed by atoms with Gasteiger partial charge in [0, 0.05) is 17.4 Å². The van der Waals surface area contributed by atoms with Gasteiger partial charge in [0.25, 0.3) is 11.7 Å². The summed E-state index contributed by atoms with van der Waals surface area (Å²) in [7, 11) is 0. The Morgan fingerprint density at radius 2 is 1.94 bits per heavy atom. The molecule has 1 N–H and O–H groups in total. The Hall–Kier alpha value is -4.15. The van der Waals surface area contributed by atoms with E-state index in [0.29, 0.717) is 34.3 Å². The van der Waals surface area contributed by atoms with Crippen molar-refractivity contribution in [3.8, 4) is 11.8 Å². The number of ether oxygens (including phenoxy) is 1. The van der Waals surface area contributed by atoms with Gasteiger partial charge < -0.3 is 9.84 Å². The molecule has 1 saturated heterocycles. The second kappa shape index (κ2) is 9.15. The average Bonchev–Trinajstić information content (AvgIpc) is 3.11. The van der Waals surface area contributed by atoms with E-state index in [9.17, 15) is 14.7 Å². The lowest BCUT2D eigenvalue weighted by Gasteiger charge is -2.24. The molecule has 33 heavy (non-hydrogen) atoms. The summed E-state index contributed by atoms with van der Waals surface area (Å²) in [5, 5.41) is 20.6. The number of pyridine rings is 1. The Kier molecular flexibility index (Phi) is 6.11. The molecule has 0 spiro atoms. The van der Waals surface area contributed by atoms with Crippen LogP contribution in [0.5, 0.6) is 5.75 Å². The largest absolute Gasteiger partial charge is 0.507 e. The van der Waals surface area contributed by atoms with Gasteiger partial charge in [0.05, 0.1) is 34.5 Å². The number of anilines is 1. The molecule has 1 aliphatic heterocycles. The number of hydrogen-bond acceptors (Lipinski definition) is 6. The third kappa shape index (κ3) is 4.04. The lowest BCUT2D eigenvalue weighted by atomic mass is 9.98. The minimum atomic E-state index is -0.967. The number of amides is 1. The lowest BCUT2D eigenvalue weighted by Crippen LogP contribution is -2.29. The molecular weight excluding hydrogens is 442 g/mol. The van der Waals surface area contributed by atoms with Crippen molar-refractivity contribution in [2.75, 3.05) is 11.5 Å². The van der Waals surface area contributed by atoms with Gasteiger partial charge in [0.2, 0.25) is 0 Å². The molecule has 164 valence electrons. The molecule has 1 atom stereocenters. The van der Waals surface area contributed by atoms with Crippen LogP contribution in [0.3, 0.4) is 0 Å². The van der Waals surface area contributed by atoms with E-state index in [0.717, 1.165) is 0 Å². The first-order valence-corrected chi connectivity index (χ1v) is 10.5. The van der Waals surface area contributed by atoms with Crippen molar-refractivity contribution < 1.29 is 19.4 Å². The number of carbonyl (C=O) groups excluding carboxylic acids is 2. The van der Waals surface area contributed by atoms with E-state index >= 15 is 0 Å². The molecule has 1 unspecified atom stereocenters. The summed E-state index contributed by atoms with van der Waals surface area (Å²) in [5.74, 6) is -1.67. The zero-order valence-electron chi connectivity index (χ0n) is 17.5. The van der Waals surface area contributed by atoms with Crippen LogP contribution in [0, 0.1) is 11.3 Å². The van der Waals surface area contributed by atoms with Gasteiger partial charge in [-0.25, -0.2) is 0 Å². The number of aliphatic hydroxyl groups is 1. The fourth-order valence-electron chi connectivity index (χ4n) is 3.69. The summed E-state index contributed by atoms with van der Waals surface area (Å²) in [6, 6.07) is 17.1. The molecule has 1 fully saturated rings. The number of aliphatic hydroxyl groups excluding tert-OH is 1. The standard InChI is InChI=1S/C25H18ClN3O4/c1-2-33-20-13-16(8-11-18(20)26)23(30)21-22(19-5-3-4-12-28-19)29(25(32)24(21)31)17-9-6-15(14-27)7-10-17/h3-13,22,30H,2H2,1H3/b23-21-. The molecule has 2 heterocycles. The third-order valence-electron chi connectivity index (χ3n) is 5.19. The van der Waals surface area contributed by atoms with Crippen molar-refractivity contribution in [2.45, 2.75) is 13.0 Å². The summed E-state index contributed by atoms with van der Waals surface area (Å²) < 4.78 is 5.50. The molecule has 0 bridgehead atoms. The van der Waals surface area contributed by atoms with E-state index in [4.69, 9.17) is 21.6 Å². The number of aromatic nitrogens is 1. The quantitative estimate of drug-likeness (QED) is 0.339. The Balaban J connectivity index is 1.91. The summed E-state index contributed by atoms with van der Waals surface area (Å²) in [6.45, 7) is 2.16. The summed E-state index contributed by atoms with van der Waals surface area (Å²) in [4.78, 5) is 31.9. The van der Waals surface area contributed by atoms with Crippen molar-refractivity contribution in [3.05, 3.63) is 94.3 Å². The second-order valence-corrected chi connectivity index (χ2v) is 7.57. The highest BCUT2D eigenvalue weighted by Gasteiger charge is 2.47. The predicted octanol–water partition coefficient (Wildman–Crippen LogP) is 4.63. The molecule has 1 amide bonds. The van der Waals surface area contributed by atoms with E-state index < -0.39 is 17.7 Å². The Morgan fingerprint density at radius 1 is 1.18 bits per heavy atom. The van der Waals surface area contributed by atoms with Crippen molar-refractivity contribution in [1.29, 1.82) is 5.26 Å². The summed E-state index contributed by atoms with van der Waals surface area (Å²) >= 11 is 6.16. The molecule has 0 saturated carbocycles. The van der Waals surface area contributed by atoms with Gasteiger partial charge in [-0.05, 0) is 61.5 Å². The maximum atomic E-state index is 13.1. The number of hydrogen-bond donors (Lipinski definition) is 1. The Labute approximate surface area is 195 Å². The lowest BCUT2D eigenvalue weighted by molar-refractivity contribution is -0.132. The van der Waals surface area contributed by atoms with Crippen LogP contribution in [-0.4, -0.2) is 28.4 Å². The average molecular weight is 460 g/mol. The predicted molar refractivity (Wildman–Crippen MR) is 123 cm³/mol. The number of halogens is 1. The van der Waals surface area contributed by atoms with Gasteiger partial charge in [0.15, 0.2) is 0 Å². The minimum Gasteiger partial charge on any atom is -0.507 e. The molecule has 8 heteroatoms. The van der Waals surface area contributed by atoms with E-state index in [1.165, 1.54) is 11.0 Å². The number of ketones is 1. The summed E-state index contributed by atoms with van der Waals surface area (Å²) in [6.07, 6.45) is 1.55. The van der Waals surface area contributed by atoms with Crippen molar-refractivity contribution in [2.24, 2.45) is 0 Å². The van der Waals surface area contributed by atoms with Gasteiger partial charge in [-0.3, -0.25) is 19.5 Å². The third-order valence-corrected chi connectivity index (χ3v) is 5.50. The van der Waals surface area contributed by atoms with Crippen LogP contribution in [0.15, 0.2) is 72.4 Å². The maximum Gasteiger partial charge on any atom is 0.300 e. The van der Waals surface area contributed by atoms with E-state index in [-0.39, 0.29) is 16.9 Å². The molecule has 1 aliphatic rings. The number of rotatable bonds is 5. The van der Waals surface area contributed by atoms with Gasteiger partial charge in [-0.15, -0.1) is 0 Å². The van der Waals surface area contributed by atoms with Gasteiger partial charge in [-0.2, -0.15) is 5.26 Å². The zero-order chi connectivity index (χ0) is 23.5. The monoisotopic (exact) mass is 459 g/mol. The zero-order valence-corrected chi connectivity index (χ0v) is 18.3. The Bertz CT molecular complexity index is 1300. The van der Waals surface area contributed by atoms with Crippen LogP contribution in [0.1, 0.15) is 29.8 Å². The maximum absolute atomic E-state index is 13.1. The van der Waals surface area contributed by atoms with Gasteiger partial charge >= 0.3 is 0 Å². The van der Waals surface area contributed by atoms with E-state index in [1.807, 2.05) is 6.07 Å². The number of nitriles is 1. The number of nitrogens with zero attached hydrogens (tertiary/aromatic N) is 3. The first kappa shape index (κ1) is 22.1. The normalized spacial score (nSPS) is 17.1. The van der Waals surface area contributed by atoms with Crippen LogP contribution in [0.4, 0.5) is 5.69 Å². The highest BCUT2D eigenvalue weighted by molar-refractivity contribution is 6.51. The number of Topliss-reactive ketones (excluding diaryl/α,β-unsaturated/α-hetero) is 1. The van der Waals surface area contributed by atoms with Crippen LogP contribution in [-0.2, 0) is 9.59 Å². The topological polar surface area (TPSA) is 104 Å². The fraction of sp³-hybridized carbons (Fsp3) is 0.120. The van der Waals surface area contributed by atoms with Crippen LogP contribution < -0.4 is 9.64 Å². The first-order valence-electron chi connectivity index (χ1n) is 10.1. The molecule has 3 aromatic rings. The van der Waals surface area contributed by atoms with Crippen molar-refractivity contribution >= 4 is 34.7 Å². The molecule has 7 nitrogen and oxygen atoms in total. The van der Waals surface area contributed by atoms with Crippen molar-refractivity contribution in [1.82, 2.24) is 4.98 Å². The molecule has 0 aliphatic carbocycles. The van der Waals surface area contributed by atoms with Crippen LogP contribution in [0.2, 0.25) is 5.02 Å². The fourth-order valence-corrected chi connectivity index (χ4v) is 3.86. The minimum absolute atomic E-state index is 0.104. The van der Waals surface area contributed by atoms with E-state index in [1.54, 1.807) is 67.7 Å². The SMILES string of the molecule is CCOc1cc(/C(O)=C2/C(=O)C(=O)N(c3ccc(C#N)cc3)C2c2ccccn2)ccc1Cl. The number of carbonyl (C=O) groups is 2. The van der Waals surface area contributed by atoms with Crippen LogP contribution in [0.25, 0.3) is 5.76 Å². The first-order chi connectivity index (χ1) is 16.0. The Morgan fingerprint density at radius 3 is 2.58 bits per heavy atom. The highest BCUT2D eigenvalue weighted by Crippen LogP contribution is 2.42. The van der Waals surface area contributed by atoms with Crippen LogP contribution >= 0.6 is 11.6 Å². The summed E-state index contributed by atoms with van der Waals surface area (Å²) in [5.41, 5.74) is 1.39. The molecule has 4 rings (SSSR count). The van der Waals surface area contributed by atoms with Gasteiger partial charge in [-0.1, -0.05) is 17.7 Å². The molecular formula is C25H18ClN3O4. The molecule has 2 aromatic carbocycles. The smallest absolute Gasteiger partial charge is 0.300 e. The molecule has 0 radical (unpaired) electrons. The van der Waals surface area contributed by atoms with Gasteiger partial charge in [0.1, 0.15) is 17.6 Å². The second-order valence-electron chi connectivity index (χ2n) is 7.16. The number of benzene rings is 2. The van der Waals surface area contributed by atoms with Crippen molar-refractivity contribution in [3.63, 3.8) is 0 Å². The van der Waals surface area contributed by atoms with E-state index in [2.05, 4.69) is 4.98 Å². The molecule has 1 aromatic heterocycles.